The van der Waals surface area contributed by atoms with Crippen molar-refractivity contribution < 1.29 is 22.3 Å². The zero-order chi connectivity index (χ0) is 14.0. The van der Waals surface area contributed by atoms with Gasteiger partial charge in [-0.1, -0.05) is 15.9 Å². The molecule has 0 aromatic heterocycles. The summed E-state index contributed by atoms with van der Waals surface area (Å²) < 4.78 is 56.6. The van der Waals surface area contributed by atoms with Gasteiger partial charge in [-0.05, 0) is 18.2 Å². The Bertz CT molecular complexity index is 452. The molecular formula is C12H12BrF4NO. The summed E-state index contributed by atoms with van der Waals surface area (Å²) in [5.41, 5.74) is -0.793. The summed E-state index contributed by atoms with van der Waals surface area (Å²) in [5, 5.41) is 0.563. The zero-order valence-electron chi connectivity index (χ0n) is 9.88. The summed E-state index contributed by atoms with van der Waals surface area (Å²) in [5.74, 6) is -0.859. The monoisotopic (exact) mass is 341 g/mol. The first-order valence-corrected chi connectivity index (χ1v) is 6.82. The molecule has 0 saturated carbocycles. The molecule has 1 saturated heterocycles. The lowest BCUT2D eigenvalue weighted by atomic mass is 10.1. The highest BCUT2D eigenvalue weighted by atomic mass is 79.9. The van der Waals surface area contributed by atoms with Gasteiger partial charge in [-0.15, -0.1) is 0 Å². The molecule has 0 bridgehead atoms. The maximum Gasteiger partial charge on any atom is 0.416 e. The van der Waals surface area contributed by atoms with Crippen molar-refractivity contribution in [2.45, 2.75) is 12.2 Å². The highest BCUT2D eigenvalue weighted by molar-refractivity contribution is 9.09. The summed E-state index contributed by atoms with van der Waals surface area (Å²) in [6, 6.07) is 2.54. The minimum absolute atomic E-state index is 0.0833. The van der Waals surface area contributed by atoms with E-state index in [0.717, 1.165) is 6.07 Å². The van der Waals surface area contributed by atoms with Gasteiger partial charge in [0.15, 0.2) is 0 Å². The number of alkyl halides is 4. The van der Waals surface area contributed by atoms with Crippen LogP contribution >= 0.6 is 15.9 Å². The number of morpholine rings is 1. The Morgan fingerprint density at radius 1 is 1.37 bits per heavy atom. The molecule has 106 valence electrons. The normalized spacial score (nSPS) is 20.7. The number of benzene rings is 1. The zero-order valence-corrected chi connectivity index (χ0v) is 11.5. The van der Waals surface area contributed by atoms with E-state index in [-0.39, 0.29) is 11.7 Å². The van der Waals surface area contributed by atoms with Crippen LogP contribution in [-0.4, -0.2) is 31.1 Å². The minimum Gasteiger partial charge on any atom is -0.377 e. The van der Waals surface area contributed by atoms with Gasteiger partial charge < -0.3 is 9.64 Å². The first-order chi connectivity index (χ1) is 8.93. The van der Waals surface area contributed by atoms with E-state index >= 15 is 0 Å². The third kappa shape index (κ3) is 3.20. The van der Waals surface area contributed by atoms with Gasteiger partial charge in [0.1, 0.15) is 5.82 Å². The molecule has 0 aliphatic carbocycles. The Morgan fingerprint density at radius 3 is 2.68 bits per heavy atom. The minimum atomic E-state index is -4.53. The van der Waals surface area contributed by atoms with Gasteiger partial charge in [0, 0.05) is 11.9 Å². The molecule has 1 aliphatic rings. The van der Waals surface area contributed by atoms with Crippen molar-refractivity contribution in [3.05, 3.63) is 29.6 Å². The van der Waals surface area contributed by atoms with Crippen molar-refractivity contribution >= 4 is 21.6 Å². The fraction of sp³-hybridized carbons (Fsp3) is 0.500. The maximum absolute atomic E-state index is 13.9. The number of rotatable bonds is 2. The second kappa shape index (κ2) is 5.66. The van der Waals surface area contributed by atoms with E-state index in [1.54, 1.807) is 4.90 Å². The molecule has 1 atom stereocenters. The topological polar surface area (TPSA) is 12.5 Å². The number of ether oxygens (including phenoxy) is 1. The van der Waals surface area contributed by atoms with Crippen LogP contribution in [0.2, 0.25) is 0 Å². The van der Waals surface area contributed by atoms with Crippen molar-refractivity contribution in [1.29, 1.82) is 0 Å². The second-order valence-corrected chi connectivity index (χ2v) is 4.89. The number of anilines is 1. The van der Waals surface area contributed by atoms with E-state index in [0.29, 0.717) is 31.2 Å². The Hall–Kier alpha value is -0.820. The van der Waals surface area contributed by atoms with Crippen LogP contribution in [0, 0.1) is 5.82 Å². The molecule has 1 heterocycles. The van der Waals surface area contributed by atoms with Crippen molar-refractivity contribution in [1.82, 2.24) is 0 Å². The van der Waals surface area contributed by atoms with Gasteiger partial charge in [-0.3, -0.25) is 0 Å². The van der Waals surface area contributed by atoms with E-state index in [1.807, 2.05) is 0 Å². The number of hydrogen-bond acceptors (Lipinski definition) is 2. The lowest BCUT2D eigenvalue weighted by molar-refractivity contribution is -0.137. The van der Waals surface area contributed by atoms with Crippen molar-refractivity contribution in [2.24, 2.45) is 0 Å². The SMILES string of the molecule is Fc1cc(C(F)(F)F)ccc1N1CCOCC1CBr. The van der Waals surface area contributed by atoms with Gasteiger partial charge in [-0.25, -0.2) is 4.39 Å². The van der Waals surface area contributed by atoms with Crippen LogP contribution in [0.15, 0.2) is 18.2 Å². The van der Waals surface area contributed by atoms with E-state index in [2.05, 4.69) is 15.9 Å². The molecule has 0 N–H and O–H groups in total. The summed E-state index contributed by atoms with van der Waals surface area (Å²) in [7, 11) is 0. The third-order valence-electron chi connectivity index (χ3n) is 2.99. The Labute approximate surface area is 116 Å². The molecule has 1 unspecified atom stereocenters. The van der Waals surface area contributed by atoms with Crippen LogP contribution in [-0.2, 0) is 10.9 Å². The maximum atomic E-state index is 13.9. The number of nitrogens with zero attached hydrogens (tertiary/aromatic N) is 1. The highest BCUT2D eigenvalue weighted by Crippen LogP contribution is 2.33. The molecule has 0 amide bonds. The number of halogens is 5. The Balaban J connectivity index is 2.30. The van der Waals surface area contributed by atoms with E-state index in [4.69, 9.17) is 4.74 Å². The van der Waals surface area contributed by atoms with Crippen LogP contribution in [0.4, 0.5) is 23.2 Å². The first-order valence-electron chi connectivity index (χ1n) is 5.70. The van der Waals surface area contributed by atoms with Gasteiger partial charge in [0.2, 0.25) is 0 Å². The largest absolute Gasteiger partial charge is 0.416 e. The van der Waals surface area contributed by atoms with Crippen LogP contribution in [0.5, 0.6) is 0 Å². The smallest absolute Gasteiger partial charge is 0.377 e. The summed E-state index contributed by atoms with van der Waals surface area (Å²) in [6.45, 7) is 1.31. The standard InChI is InChI=1S/C12H12BrF4NO/c13-6-9-7-19-4-3-18(9)11-2-1-8(5-10(11)14)12(15,16)17/h1-2,5,9H,3-4,6-7H2. The molecular weight excluding hydrogens is 330 g/mol. The predicted molar refractivity (Wildman–Crippen MR) is 67.1 cm³/mol. The molecule has 1 aliphatic heterocycles. The second-order valence-electron chi connectivity index (χ2n) is 4.24. The van der Waals surface area contributed by atoms with Crippen LogP contribution in [0.3, 0.4) is 0 Å². The average Bonchev–Trinajstić information content (AvgIpc) is 2.37. The quantitative estimate of drug-likeness (QED) is 0.603. The lowest BCUT2D eigenvalue weighted by Gasteiger charge is -2.36. The molecule has 1 aromatic carbocycles. The van der Waals surface area contributed by atoms with Crippen LogP contribution in [0.25, 0.3) is 0 Å². The van der Waals surface area contributed by atoms with Gasteiger partial charge in [0.05, 0.1) is 30.5 Å². The van der Waals surface area contributed by atoms with Gasteiger partial charge in [0.25, 0.3) is 0 Å². The molecule has 7 heteroatoms. The first kappa shape index (κ1) is 14.6. The van der Waals surface area contributed by atoms with Crippen molar-refractivity contribution in [2.75, 3.05) is 30.0 Å². The average molecular weight is 342 g/mol. The molecule has 2 nitrogen and oxygen atoms in total. The fourth-order valence-electron chi connectivity index (χ4n) is 2.02. The molecule has 1 fully saturated rings. The van der Waals surface area contributed by atoms with Crippen LogP contribution < -0.4 is 4.90 Å². The number of hydrogen-bond donors (Lipinski definition) is 0. The summed E-state index contributed by atoms with van der Waals surface area (Å²) in [6.07, 6.45) is -4.53. The molecule has 0 radical (unpaired) electrons. The molecule has 1 aromatic rings. The Kier molecular flexibility index (Phi) is 4.35. The van der Waals surface area contributed by atoms with E-state index < -0.39 is 17.6 Å². The summed E-state index contributed by atoms with van der Waals surface area (Å²) >= 11 is 3.30. The third-order valence-corrected chi connectivity index (χ3v) is 3.74. The van der Waals surface area contributed by atoms with E-state index in [9.17, 15) is 17.6 Å². The molecule has 2 rings (SSSR count). The fourth-order valence-corrected chi connectivity index (χ4v) is 2.55. The lowest BCUT2D eigenvalue weighted by Crippen LogP contribution is -2.47. The van der Waals surface area contributed by atoms with E-state index in [1.165, 1.54) is 6.07 Å². The summed E-state index contributed by atoms with van der Waals surface area (Å²) in [4.78, 5) is 1.73. The Morgan fingerprint density at radius 2 is 2.11 bits per heavy atom. The van der Waals surface area contributed by atoms with Crippen LogP contribution in [0.1, 0.15) is 5.56 Å². The predicted octanol–water partition coefficient (Wildman–Crippen LogP) is 3.44. The van der Waals surface area contributed by atoms with Gasteiger partial charge >= 0.3 is 6.18 Å². The van der Waals surface area contributed by atoms with Crippen molar-refractivity contribution in [3.63, 3.8) is 0 Å². The van der Waals surface area contributed by atoms with Gasteiger partial charge in [-0.2, -0.15) is 13.2 Å². The highest BCUT2D eigenvalue weighted by Gasteiger charge is 2.32. The van der Waals surface area contributed by atoms with Crippen molar-refractivity contribution in [3.8, 4) is 0 Å². The molecule has 19 heavy (non-hydrogen) atoms. The molecule has 0 spiro atoms.